The zero-order valence-corrected chi connectivity index (χ0v) is 23.4. The number of rotatable bonds is 4. The lowest BCUT2D eigenvalue weighted by Crippen LogP contribution is -2.49. The number of piperazine rings is 1. The summed E-state index contributed by atoms with van der Waals surface area (Å²) in [6, 6.07) is 20.3. The highest BCUT2D eigenvalue weighted by Gasteiger charge is 2.24. The molecular formula is C31H30ClN7O. The number of nitrogens with one attached hydrogen (secondary N) is 1. The number of anilines is 1. The van der Waals surface area contributed by atoms with Crippen molar-refractivity contribution < 1.29 is 5.11 Å². The van der Waals surface area contributed by atoms with Gasteiger partial charge in [0.25, 0.3) is 0 Å². The topological polar surface area (TPSA) is 97.1 Å². The molecule has 3 heterocycles. The number of halogens is 1. The summed E-state index contributed by atoms with van der Waals surface area (Å²) in [5.74, 6) is 0. The minimum absolute atomic E-state index is 0.298. The maximum Gasteiger partial charge on any atom is 0.207 e. The Morgan fingerprint density at radius 2 is 1.70 bits per heavy atom. The van der Waals surface area contributed by atoms with Crippen LogP contribution in [-0.2, 0) is 7.05 Å². The molecule has 5 aromatic rings. The van der Waals surface area contributed by atoms with Crippen LogP contribution in [0.1, 0.15) is 18.1 Å². The van der Waals surface area contributed by atoms with Crippen molar-refractivity contribution in [3.63, 3.8) is 0 Å². The van der Waals surface area contributed by atoms with Crippen LogP contribution in [-0.4, -0.2) is 56.5 Å². The van der Waals surface area contributed by atoms with E-state index >= 15 is 0 Å². The van der Waals surface area contributed by atoms with Crippen LogP contribution < -0.4 is 10.5 Å². The monoisotopic (exact) mass is 551 g/mol. The second kappa shape index (κ2) is 10.1. The smallest absolute Gasteiger partial charge is 0.207 e. The van der Waals surface area contributed by atoms with Gasteiger partial charge in [0.15, 0.2) is 0 Å². The highest BCUT2D eigenvalue weighted by molar-refractivity contribution is 6.30. The fourth-order valence-corrected chi connectivity index (χ4v) is 5.81. The molecule has 8 nitrogen and oxygen atoms in total. The van der Waals surface area contributed by atoms with Crippen molar-refractivity contribution in [3.05, 3.63) is 82.6 Å². The minimum Gasteiger partial charge on any atom is -0.379 e. The molecule has 2 N–H and O–H groups in total. The molecule has 3 aromatic carbocycles. The Morgan fingerprint density at radius 3 is 2.38 bits per heavy atom. The molecule has 1 aliphatic heterocycles. The minimum atomic E-state index is -0.482. The molecule has 1 unspecified atom stereocenters. The average molecular weight is 552 g/mol. The van der Waals surface area contributed by atoms with Gasteiger partial charge in [0.1, 0.15) is 12.3 Å². The van der Waals surface area contributed by atoms with E-state index in [1.165, 1.54) is 0 Å². The number of nitrogens with zero attached hydrogens (tertiary/aromatic N) is 6. The van der Waals surface area contributed by atoms with Crippen LogP contribution >= 0.6 is 11.6 Å². The zero-order valence-electron chi connectivity index (χ0n) is 22.7. The molecule has 9 heteroatoms. The van der Waals surface area contributed by atoms with Gasteiger partial charge in [-0.1, -0.05) is 29.8 Å². The molecular weight excluding hydrogens is 522 g/mol. The molecule has 1 fully saturated rings. The quantitative estimate of drug-likeness (QED) is 0.329. The molecule has 40 heavy (non-hydrogen) atoms. The van der Waals surface area contributed by atoms with Crippen LogP contribution in [0.15, 0.2) is 60.8 Å². The van der Waals surface area contributed by atoms with Gasteiger partial charge < -0.3 is 14.6 Å². The summed E-state index contributed by atoms with van der Waals surface area (Å²) in [5.41, 5.74) is 8.12. The Kier molecular flexibility index (Phi) is 6.59. The van der Waals surface area contributed by atoms with Gasteiger partial charge in [-0.3, -0.25) is 19.9 Å². The summed E-state index contributed by atoms with van der Waals surface area (Å²) in [4.78, 5) is 8.93. The largest absolute Gasteiger partial charge is 0.379 e. The van der Waals surface area contributed by atoms with Crippen molar-refractivity contribution in [2.75, 3.05) is 31.1 Å². The molecule has 1 atom stereocenters. The van der Waals surface area contributed by atoms with Crippen LogP contribution in [0.4, 0.5) is 5.69 Å². The first kappa shape index (κ1) is 26.1. The van der Waals surface area contributed by atoms with Crippen molar-refractivity contribution >= 4 is 39.2 Å². The van der Waals surface area contributed by atoms with Gasteiger partial charge in [0, 0.05) is 43.6 Å². The standard InChI is InChI=1S/C31H30ClN7O/c1-19-14-28(38-12-10-37(11-13-38)20(2)40)23(17-33)16-27(19)39-30-25-15-22(21-4-7-24(32)8-5-21)6-9-26(25)35-18-29(30)36(3)31(39)34/h4-9,14-16,18,20,34,40H,10-13H2,1-3H3. The summed E-state index contributed by atoms with van der Waals surface area (Å²) in [6.07, 6.45) is 1.33. The van der Waals surface area contributed by atoms with Gasteiger partial charge in [-0.2, -0.15) is 5.26 Å². The molecule has 0 aliphatic carbocycles. The molecule has 0 radical (unpaired) electrons. The van der Waals surface area contributed by atoms with Crippen molar-refractivity contribution in [1.29, 1.82) is 10.7 Å². The van der Waals surface area contributed by atoms with Crippen molar-refractivity contribution in [3.8, 4) is 22.9 Å². The van der Waals surface area contributed by atoms with E-state index in [2.05, 4.69) is 23.1 Å². The molecule has 0 amide bonds. The summed E-state index contributed by atoms with van der Waals surface area (Å²) in [6.45, 7) is 6.73. The second-order valence-corrected chi connectivity index (χ2v) is 10.8. The molecule has 6 rings (SSSR count). The molecule has 0 spiro atoms. The maximum absolute atomic E-state index is 10.2. The lowest BCUT2D eigenvalue weighted by molar-refractivity contribution is 0.0153. The highest BCUT2D eigenvalue weighted by atomic mass is 35.5. The van der Waals surface area contributed by atoms with E-state index in [-0.39, 0.29) is 0 Å². The highest BCUT2D eigenvalue weighted by Crippen LogP contribution is 2.33. The first-order valence-corrected chi connectivity index (χ1v) is 13.7. The first-order valence-electron chi connectivity index (χ1n) is 13.3. The van der Waals surface area contributed by atoms with Gasteiger partial charge in [-0.05, 0) is 66.9 Å². The number of fused-ring (bicyclic) bond motifs is 3. The van der Waals surface area contributed by atoms with E-state index in [0.717, 1.165) is 76.2 Å². The van der Waals surface area contributed by atoms with E-state index in [1.807, 2.05) is 76.7 Å². The van der Waals surface area contributed by atoms with Gasteiger partial charge >= 0.3 is 0 Å². The lowest BCUT2D eigenvalue weighted by atomic mass is 10.0. The Balaban J connectivity index is 1.53. The lowest BCUT2D eigenvalue weighted by Gasteiger charge is -2.38. The second-order valence-electron chi connectivity index (χ2n) is 10.4. The average Bonchev–Trinajstić information content (AvgIpc) is 3.22. The Hall–Kier alpha value is -4.16. The zero-order chi connectivity index (χ0) is 28.1. The number of aliphatic hydroxyl groups is 1. The van der Waals surface area contributed by atoms with E-state index in [9.17, 15) is 10.4 Å². The predicted molar refractivity (Wildman–Crippen MR) is 159 cm³/mol. The molecule has 1 aliphatic rings. The third-order valence-corrected chi connectivity index (χ3v) is 8.22. The number of hydrogen-bond donors (Lipinski definition) is 2. The fraction of sp³-hybridized carbons (Fsp3) is 0.258. The van der Waals surface area contributed by atoms with Gasteiger partial charge in [-0.25, -0.2) is 0 Å². The van der Waals surface area contributed by atoms with Crippen LogP contribution in [0.25, 0.3) is 38.8 Å². The number of nitriles is 1. The van der Waals surface area contributed by atoms with Gasteiger partial charge in [0.2, 0.25) is 5.62 Å². The first-order chi connectivity index (χ1) is 19.3. The number of aromatic nitrogens is 3. The summed E-state index contributed by atoms with van der Waals surface area (Å²) in [5, 5.41) is 30.8. The number of aryl methyl sites for hydroxylation is 2. The number of hydrogen-bond acceptors (Lipinski definition) is 6. The molecule has 2 aromatic heterocycles. The summed E-state index contributed by atoms with van der Waals surface area (Å²) >= 11 is 6.13. The number of pyridine rings is 1. The third-order valence-electron chi connectivity index (χ3n) is 7.97. The Morgan fingerprint density at radius 1 is 1.00 bits per heavy atom. The van der Waals surface area contributed by atoms with Crippen LogP contribution in [0, 0.1) is 23.7 Å². The van der Waals surface area contributed by atoms with Crippen LogP contribution in [0.2, 0.25) is 5.02 Å². The van der Waals surface area contributed by atoms with E-state index in [4.69, 9.17) is 22.0 Å². The van der Waals surface area contributed by atoms with Crippen LogP contribution in [0.3, 0.4) is 0 Å². The number of benzene rings is 3. The van der Waals surface area contributed by atoms with E-state index in [1.54, 1.807) is 6.92 Å². The Labute approximate surface area is 237 Å². The molecule has 202 valence electrons. The van der Waals surface area contributed by atoms with E-state index < -0.39 is 6.23 Å². The van der Waals surface area contributed by atoms with Crippen molar-refractivity contribution in [2.24, 2.45) is 7.05 Å². The molecule has 0 bridgehead atoms. The molecule has 0 saturated carbocycles. The number of imidazole rings is 1. The van der Waals surface area contributed by atoms with Gasteiger partial charge in [-0.15, -0.1) is 0 Å². The normalized spacial score (nSPS) is 15.1. The summed E-state index contributed by atoms with van der Waals surface area (Å²) < 4.78 is 3.75. The third kappa shape index (κ3) is 4.33. The SMILES string of the molecule is Cc1cc(N2CCN(C(C)O)CC2)c(C#N)cc1-n1c(=N)n(C)c2cnc3ccc(-c4ccc(Cl)cc4)cc3c21. The predicted octanol–water partition coefficient (Wildman–Crippen LogP) is 4.96. The fourth-order valence-electron chi connectivity index (χ4n) is 5.68. The number of aliphatic hydroxyl groups excluding tert-OH is 1. The van der Waals surface area contributed by atoms with Crippen molar-refractivity contribution in [1.82, 2.24) is 19.0 Å². The summed E-state index contributed by atoms with van der Waals surface area (Å²) in [7, 11) is 1.87. The van der Waals surface area contributed by atoms with Crippen molar-refractivity contribution in [2.45, 2.75) is 20.1 Å². The van der Waals surface area contributed by atoms with Crippen LogP contribution in [0.5, 0.6) is 0 Å². The van der Waals surface area contributed by atoms with Gasteiger partial charge in [0.05, 0.1) is 39.7 Å². The molecule has 1 saturated heterocycles. The van der Waals surface area contributed by atoms with E-state index in [0.29, 0.717) is 16.2 Å². The Bertz CT molecular complexity index is 1860. The maximum atomic E-state index is 10.2.